The number of sulfonamides is 1. The Balaban J connectivity index is 1.69. The number of carbonyl (C=O) groups excluding carboxylic acids is 1. The van der Waals surface area contributed by atoms with Crippen LogP contribution in [0.15, 0.2) is 70.0 Å². The summed E-state index contributed by atoms with van der Waals surface area (Å²) in [7, 11) is 2.11. The molecule has 1 aliphatic rings. The molecule has 188 valence electrons. The van der Waals surface area contributed by atoms with Crippen molar-refractivity contribution < 1.29 is 13.2 Å². The number of anilines is 2. The first-order chi connectivity index (χ1) is 17.1. The van der Waals surface area contributed by atoms with Gasteiger partial charge in [-0.1, -0.05) is 41.9 Å². The summed E-state index contributed by atoms with van der Waals surface area (Å²) in [6.07, 6.45) is 1.88. The smallest absolute Gasteiger partial charge is 0.284 e. The van der Waals surface area contributed by atoms with Crippen molar-refractivity contribution in [1.29, 1.82) is 0 Å². The highest BCUT2D eigenvalue weighted by atomic mass is 35.5. The van der Waals surface area contributed by atoms with Gasteiger partial charge in [0.1, 0.15) is 6.34 Å². The Kier molecular flexibility index (Phi) is 7.98. The predicted octanol–water partition coefficient (Wildman–Crippen LogP) is 3.86. The molecule has 1 heterocycles. The predicted molar refractivity (Wildman–Crippen MR) is 150 cm³/mol. The second kappa shape index (κ2) is 11.0. The van der Waals surface area contributed by atoms with E-state index in [4.69, 9.17) is 11.6 Å². The molecule has 3 aromatic rings. The first-order valence-corrected chi connectivity index (χ1v) is 13.8. The van der Waals surface area contributed by atoms with E-state index in [-0.39, 0.29) is 17.2 Å². The van der Waals surface area contributed by atoms with E-state index in [1.807, 2.05) is 36.4 Å². The Labute approximate surface area is 219 Å². The number of carbonyl (C=O) groups is 1. The Morgan fingerprint density at radius 2 is 1.89 bits per heavy atom. The van der Waals surface area contributed by atoms with Crippen LogP contribution in [0.4, 0.5) is 11.4 Å². The van der Waals surface area contributed by atoms with Crippen LogP contribution in [0.1, 0.15) is 16.7 Å². The highest BCUT2D eigenvalue weighted by molar-refractivity contribution is 7.90. The van der Waals surface area contributed by atoms with Crippen molar-refractivity contribution in [2.75, 3.05) is 30.9 Å². The van der Waals surface area contributed by atoms with Crippen molar-refractivity contribution in [3.8, 4) is 0 Å². The molecule has 4 rings (SSSR count). The van der Waals surface area contributed by atoms with Crippen LogP contribution >= 0.6 is 20.8 Å². The third-order valence-corrected chi connectivity index (χ3v) is 7.89. The van der Waals surface area contributed by atoms with Gasteiger partial charge in [-0.05, 0) is 58.7 Å². The van der Waals surface area contributed by atoms with Crippen molar-refractivity contribution in [3.05, 3.63) is 82.4 Å². The van der Waals surface area contributed by atoms with E-state index in [1.165, 1.54) is 12.4 Å². The number of rotatable bonds is 7. The van der Waals surface area contributed by atoms with Crippen molar-refractivity contribution >= 4 is 59.8 Å². The standard InChI is InChI=1S/C26H28ClN4O3PS/c1-30(2)17-28-36(33,34)25-15-20(29-26(32)14-18-5-3-4-6-24(18)27)13-19-16-31(12-11-23(19)25)21-7-9-22(35)10-8-21/h3-10,13,15,17H,11-12,14,16,35H2,1-2H3,(H,29,32)/b28-17+. The Morgan fingerprint density at radius 3 is 2.58 bits per heavy atom. The van der Waals surface area contributed by atoms with Crippen molar-refractivity contribution in [2.45, 2.75) is 24.3 Å². The summed E-state index contributed by atoms with van der Waals surface area (Å²) in [5.74, 6) is -0.285. The van der Waals surface area contributed by atoms with Crippen LogP contribution < -0.4 is 15.5 Å². The minimum Gasteiger partial charge on any atom is -0.368 e. The molecule has 0 bridgehead atoms. The second-order valence-electron chi connectivity index (χ2n) is 8.85. The van der Waals surface area contributed by atoms with E-state index in [9.17, 15) is 13.2 Å². The summed E-state index contributed by atoms with van der Waals surface area (Å²) in [5.41, 5.74) is 3.72. The van der Waals surface area contributed by atoms with Crippen molar-refractivity contribution in [1.82, 2.24) is 4.90 Å². The average molecular weight is 543 g/mol. The summed E-state index contributed by atoms with van der Waals surface area (Å²) in [4.78, 5) is 16.7. The molecule has 3 aromatic carbocycles. The summed E-state index contributed by atoms with van der Waals surface area (Å²) in [5, 5.41) is 4.46. The molecule has 0 aliphatic carbocycles. The van der Waals surface area contributed by atoms with Gasteiger partial charge >= 0.3 is 0 Å². The average Bonchev–Trinajstić information content (AvgIpc) is 2.84. The van der Waals surface area contributed by atoms with Gasteiger partial charge < -0.3 is 15.1 Å². The minimum atomic E-state index is -3.97. The van der Waals surface area contributed by atoms with Gasteiger partial charge in [0, 0.05) is 43.6 Å². The maximum atomic E-state index is 13.2. The lowest BCUT2D eigenvalue weighted by molar-refractivity contribution is -0.115. The van der Waals surface area contributed by atoms with E-state index in [0.717, 1.165) is 22.1 Å². The third-order valence-electron chi connectivity index (χ3n) is 5.84. The van der Waals surface area contributed by atoms with E-state index in [2.05, 4.69) is 23.9 Å². The molecular weight excluding hydrogens is 515 g/mol. The molecule has 0 spiro atoms. The van der Waals surface area contributed by atoms with Crippen molar-refractivity contribution in [3.63, 3.8) is 0 Å². The molecule has 1 atom stereocenters. The van der Waals surface area contributed by atoms with Gasteiger partial charge in [-0.2, -0.15) is 8.42 Å². The Hall–Kier alpha value is -2.93. The van der Waals surface area contributed by atoms with Crippen LogP contribution in [0.25, 0.3) is 0 Å². The summed E-state index contributed by atoms with van der Waals surface area (Å²) < 4.78 is 30.2. The van der Waals surface area contributed by atoms with Gasteiger partial charge in [0.05, 0.1) is 11.3 Å². The fraction of sp³-hybridized carbons (Fsp3) is 0.231. The second-order valence-corrected chi connectivity index (χ2v) is 11.5. The molecule has 0 aromatic heterocycles. The zero-order valence-electron chi connectivity index (χ0n) is 20.1. The molecule has 0 radical (unpaired) electrons. The monoisotopic (exact) mass is 542 g/mol. The number of benzene rings is 3. The number of nitrogens with one attached hydrogen (secondary N) is 1. The summed E-state index contributed by atoms with van der Waals surface area (Å²) in [6, 6.07) is 18.6. The molecule has 0 saturated heterocycles. The number of hydrogen-bond acceptors (Lipinski definition) is 4. The normalized spacial score (nSPS) is 13.5. The lowest BCUT2D eigenvalue weighted by atomic mass is 9.98. The van der Waals surface area contributed by atoms with E-state index in [1.54, 1.807) is 37.2 Å². The molecular formula is C26H28ClN4O3PS. The highest BCUT2D eigenvalue weighted by Gasteiger charge is 2.26. The lowest BCUT2D eigenvalue weighted by Crippen LogP contribution is -2.31. The SMILES string of the molecule is CN(C)/C=N/S(=O)(=O)c1cc(NC(=O)Cc2ccccc2Cl)cc2c1CCN(c1ccc(P)cc1)C2. The molecule has 10 heteroatoms. The van der Waals surface area contributed by atoms with Gasteiger partial charge in [0.15, 0.2) is 0 Å². The van der Waals surface area contributed by atoms with Crippen LogP contribution in [0.3, 0.4) is 0 Å². The molecule has 36 heavy (non-hydrogen) atoms. The first-order valence-electron chi connectivity index (χ1n) is 11.4. The van der Waals surface area contributed by atoms with Gasteiger partial charge in [-0.15, -0.1) is 13.6 Å². The topological polar surface area (TPSA) is 82.1 Å². The van der Waals surface area contributed by atoms with Crippen LogP contribution in [0.5, 0.6) is 0 Å². The van der Waals surface area contributed by atoms with Crippen LogP contribution in [-0.4, -0.2) is 46.2 Å². The molecule has 1 unspecified atom stereocenters. The number of amides is 1. The van der Waals surface area contributed by atoms with Gasteiger partial charge in [0.25, 0.3) is 10.0 Å². The Bertz CT molecular complexity index is 1410. The van der Waals surface area contributed by atoms with Gasteiger partial charge in [0.2, 0.25) is 5.91 Å². The molecule has 0 fully saturated rings. The molecule has 1 N–H and O–H groups in total. The minimum absolute atomic E-state index is 0.0745. The summed E-state index contributed by atoms with van der Waals surface area (Å²) >= 11 is 6.21. The number of hydrogen-bond donors (Lipinski definition) is 1. The zero-order valence-corrected chi connectivity index (χ0v) is 22.8. The van der Waals surface area contributed by atoms with E-state index in [0.29, 0.717) is 35.8 Å². The van der Waals surface area contributed by atoms with Crippen LogP contribution in [0, 0.1) is 0 Å². The quantitative estimate of drug-likeness (QED) is 0.278. The van der Waals surface area contributed by atoms with Crippen LogP contribution in [-0.2, 0) is 34.2 Å². The Morgan fingerprint density at radius 1 is 1.17 bits per heavy atom. The maximum Gasteiger partial charge on any atom is 0.284 e. The third kappa shape index (κ3) is 6.25. The fourth-order valence-corrected chi connectivity index (χ4v) is 5.74. The van der Waals surface area contributed by atoms with Gasteiger partial charge in [-0.3, -0.25) is 4.79 Å². The summed E-state index contributed by atoms with van der Waals surface area (Å²) in [6.45, 7) is 1.18. The highest BCUT2D eigenvalue weighted by Crippen LogP contribution is 2.33. The van der Waals surface area contributed by atoms with Gasteiger partial charge in [-0.25, -0.2) is 0 Å². The lowest BCUT2D eigenvalue weighted by Gasteiger charge is -2.32. The largest absolute Gasteiger partial charge is 0.368 e. The van der Waals surface area contributed by atoms with E-state index >= 15 is 0 Å². The maximum absolute atomic E-state index is 13.2. The number of nitrogens with zero attached hydrogens (tertiary/aromatic N) is 3. The number of fused-ring (bicyclic) bond motifs is 1. The number of halogens is 1. The first kappa shape index (κ1) is 26.1. The van der Waals surface area contributed by atoms with E-state index < -0.39 is 10.0 Å². The molecule has 1 amide bonds. The zero-order chi connectivity index (χ0) is 25.9. The van der Waals surface area contributed by atoms with Crippen LogP contribution in [0.2, 0.25) is 5.02 Å². The van der Waals surface area contributed by atoms with Crippen molar-refractivity contribution in [2.24, 2.45) is 4.40 Å². The molecule has 1 aliphatic heterocycles. The molecule has 0 saturated carbocycles. The fourth-order valence-electron chi connectivity index (χ4n) is 4.10. The molecule has 7 nitrogen and oxygen atoms in total.